The van der Waals surface area contributed by atoms with Crippen molar-refractivity contribution in [1.82, 2.24) is 4.90 Å². The van der Waals surface area contributed by atoms with Crippen LogP contribution < -0.4 is 5.32 Å². The second kappa shape index (κ2) is 10.4. The molecule has 0 unspecified atom stereocenters. The van der Waals surface area contributed by atoms with Crippen molar-refractivity contribution in [1.29, 1.82) is 0 Å². The number of carbonyl (C=O) groups is 3. The van der Waals surface area contributed by atoms with Gasteiger partial charge in [0, 0.05) is 30.8 Å². The molecular weight excluding hydrogens is 308 g/mol. The predicted octanol–water partition coefficient (Wildman–Crippen LogP) is 2.84. The molecule has 0 heterocycles. The van der Waals surface area contributed by atoms with Gasteiger partial charge in [0.15, 0.2) is 0 Å². The van der Waals surface area contributed by atoms with Crippen LogP contribution in [0, 0.1) is 0 Å². The second-order valence-corrected chi connectivity index (χ2v) is 5.49. The maximum absolute atomic E-state index is 12.5. The summed E-state index contributed by atoms with van der Waals surface area (Å²) in [6, 6.07) is 6.80. The molecule has 6 heteroatoms. The average molecular weight is 334 g/mol. The van der Waals surface area contributed by atoms with Crippen LogP contribution >= 0.6 is 0 Å². The Morgan fingerprint density at radius 1 is 1.00 bits per heavy atom. The van der Waals surface area contributed by atoms with Gasteiger partial charge < -0.3 is 15.0 Å². The van der Waals surface area contributed by atoms with Gasteiger partial charge in [-0.3, -0.25) is 14.4 Å². The zero-order valence-electron chi connectivity index (χ0n) is 14.6. The highest BCUT2D eigenvalue weighted by atomic mass is 16.5. The van der Waals surface area contributed by atoms with Crippen LogP contribution in [-0.2, 0) is 14.3 Å². The molecule has 0 saturated carbocycles. The number of benzene rings is 1. The molecule has 1 rings (SSSR count). The van der Waals surface area contributed by atoms with Crippen molar-refractivity contribution in [3.8, 4) is 0 Å². The van der Waals surface area contributed by atoms with E-state index >= 15 is 0 Å². The van der Waals surface area contributed by atoms with Crippen molar-refractivity contribution in [3.63, 3.8) is 0 Å². The van der Waals surface area contributed by atoms with Crippen molar-refractivity contribution < 1.29 is 19.1 Å². The van der Waals surface area contributed by atoms with Gasteiger partial charge in [0.2, 0.25) is 5.91 Å². The maximum atomic E-state index is 12.5. The molecule has 1 N–H and O–H groups in total. The second-order valence-electron chi connectivity index (χ2n) is 5.49. The summed E-state index contributed by atoms with van der Waals surface area (Å²) >= 11 is 0. The Labute approximate surface area is 143 Å². The fourth-order valence-corrected chi connectivity index (χ4v) is 2.27. The minimum Gasteiger partial charge on any atom is -0.469 e. The summed E-state index contributed by atoms with van der Waals surface area (Å²) in [6.07, 6.45) is 1.94. The van der Waals surface area contributed by atoms with Gasteiger partial charge in [-0.1, -0.05) is 13.8 Å². The fraction of sp³-hybridized carbons (Fsp3) is 0.500. The number of esters is 1. The van der Waals surface area contributed by atoms with E-state index in [4.69, 9.17) is 0 Å². The highest BCUT2D eigenvalue weighted by Gasteiger charge is 2.14. The third-order valence-electron chi connectivity index (χ3n) is 3.47. The quantitative estimate of drug-likeness (QED) is 0.705. The van der Waals surface area contributed by atoms with Gasteiger partial charge in [-0.2, -0.15) is 0 Å². The first-order valence-corrected chi connectivity index (χ1v) is 8.27. The normalized spacial score (nSPS) is 10.1. The number of ether oxygens (including phenoxy) is 1. The molecule has 6 nitrogen and oxygen atoms in total. The van der Waals surface area contributed by atoms with E-state index in [0.717, 1.165) is 25.9 Å². The number of methoxy groups -OCH3 is 1. The van der Waals surface area contributed by atoms with E-state index < -0.39 is 5.97 Å². The third-order valence-corrected chi connectivity index (χ3v) is 3.47. The van der Waals surface area contributed by atoms with Gasteiger partial charge in [0.25, 0.3) is 5.91 Å². The lowest BCUT2D eigenvalue weighted by Gasteiger charge is -2.21. The topological polar surface area (TPSA) is 75.7 Å². The molecule has 2 amide bonds. The Kier molecular flexibility index (Phi) is 8.54. The fourth-order valence-electron chi connectivity index (χ4n) is 2.27. The van der Waals surface area contributed by atoms with Crippen molar-refractivity contribution >= 4 is 23.5 Å². The van der Waals surface area contributed by atoms with Gasteiger partial charge in [-0.25, -0.2) is 0 Å². The zero-order chi connectivity index (χ0) is 17.9. The number of hydrogen-bond acceptors (Lipinski definition) is 4. The summed E-state index contributed by atoms with van der Waals surface area (Å²) < 4.78 is 4.49. The molecule has 24 heavy (non-hydrogen) atoms. The molecular formula is C18H26N2O4. The lowest BCUT2D eigenvalue weighted by Crippen LogP contribution is -2.32. The van der Waals surface area contributed by atoms with Gasteiger partial charge in [-0.15, -0.1) is 0 Å². The standard InChI is InChI=1S/C18H26N2O4/c1-4-12-20(13-5-2)18(23)14-6-8-15(9-7-14)19-16(21)10-11-17(22)24-3/h6-9H,4-5,10-13H2,1-3H3,(H,19,21). The summed E-state index contributed by atoms with van der Waals surface area (Å²) in [7, 11) is 1.29. The van der Waals surface area contributed by atoms with E-state index in [1.165, 1.54) is 7.11 Å². The molecule has 1 aromatic carbocycles. The van der Waals surface area contributed by atoms with Gasteiger partial charge in [0.1, 0.15) is 0 Å². The van der Waals surface area contributed by atoms with Crippen LogP contribution in [0.3, 0.4) is 0 Å². The first kappa shape index (κ1) is 19.7. The van der Waals surface area contributed by atoms with Crippen LogP contribution in [0.4, 0.5) is 5.69 Å². The predicted molar refractivity (Wildman–Crippen MR) is 92.8 cm³/mol. The van der Waals surface area contributed by atoms with Crippen molar-refractivity contribution in [2.45, 2.75) is 39.5 Å². The Morgan fingerprint density at radius 2 is 1.58 bits per heavy atom. The first-order chi connectivity index (χ1) is 11.5. The molecule has 0 aliphatic heterocycles. The van der Waals surface area contributed by atoms with Crippen LogP contribution in [0.5, 0.6) is 0 Å². The monoisotopic (exact) mass is 334 g/mol. The highest BCUT2D eigenvalue weighted by Crippen LogP contribution is 2.13. The summed E-state index contributed by atoms with van der Waals surface area (Å²) in [5, 5.41) is 2.70. The largest absolute Gasteiger partial charge is 0.469 e. The van der Waals surface area contributed by atoms with E-state index in [-0.39, 0.29) is 24.7 Å². The lowest BCUT2D eigenvalue weighted by molar-refractivity contribution is -0.141. The number of nitrogens with one attached hydrogen (secondary N) is 1. The molecule has 0 bridgehead atoms. The van der Waals surface area contributed by atoms with Crippen molar-refractivity contribution in [2.24, 2.45) is 0 Å². The van der Waals surface area contributed by atoms with Crippen LogP contribution in [0.25, 0.3) is 0 Å². The number of hydrogen-bond donors (Lipinski definition) is 1. The molecule has 0 radical (unpaired) electrons. The van der Waals surface area contributed by atoms with Crippen LogP contribution in [-0.4, -0.2) is 42.9 Å². The van der Waals surface area contributed by atoms with E-state index in [1.54, 1.807) is 24.3 Å². The van der Waals surface area contributed by atoms with E-state index in [0.29, 0.717) is 11.3 Å². The molecule has 132 valence electrons. The maximum Gasteiger partial charge on any atom is 0.306 e. The van der Waals surface area contributed by atoms with Crippen LogP contribution in [0.1, 0.15) is 49.9 Å². The van der Waals surface area contributed by atoms with Crippen LogP contribution in [0.2, 0.25) is 0 Å². The molecule has 0 atom stereocenters. The summed E-state index contributed by atoms with van der Waals surface area (Å²) in [4.78, 5) is 37.0. The molecule has 0 fully saturated rings. The summed E-state index contributed by atoms with van der Waals surface area (Å²) in [5.74, 6) is -0.682. The zero-order valence-corrected chi connectivity index (χ0v) is 14.6. The van der Waals surface area contributed by atoms with Gasteiger partial charge >= 0.3 is 5.97 Å². The molecule has 0 spiro atoms. The molecule has 0 aliphatic rings. The third kappa shape index (κ3) is 6.40. The SMILES string of the molecule is CCCN(CCC)C(=O)c1ccc(NC(=O)CCC(=O)OC)cc1. The number of carbonyl (C=O) groups excluding carboxylic acids is 3. The van der Waals surface area contributed by atoms with Crippen molar-refractivity contribution in [2.75, 3.05) is 25.5 Å². The van der Waals surface area contributed by atoms with Crippen molar-refractivity contribution in [3.05, 3.63) is 29.8 Å². The Morgan fingerprint density at radius 3 is 2.08 bits per heavy atom. The van der Waals surface area contributed by atoms with Gasteiger partial charge in [0.05, 0.1) is 13.5 Å². The van der Waals surface area contributed by atoms with Crippen LogP contribution in [0.15, 0.2) is 24.3 Å². The van der Waals surface area contributed by atoms with E-state index in [2.05, 4.69) is 10.1 Å². The number of nitrogens with zero attached hydrogens (tertiary/aromatic N) is 1. The Bertz CT molecular complexity index is 549. The van der Waals surface area contributed by atoms with E-state index in [1.807, 2.05) is 18.7 Å². The average Bonchev–Trinajstić information content (AvgIpc) is 2.59. The molecule has 0 saturated heterocycles. The van der Waals surface area contributed by atoms with E-state index in [9.17, 15) is 14.4 Å². The smallest absolute Gasteiger partial charge is 0.306 e. The number of rotatable bonds is 9. The number of amides is 2. The van der Waals surface area contributed by atoms with Gasteiger partial charge in [-0.05, 0) is 37.1 Å². The number of anilines is 1. The molecule has 1 aromatic rings. The Hall–Kier alpha value is -2.37. The minimum absolute atomic E-state index is 0.00210. The molecule has 0 aromatic heterocycles. The summed E-state index contributed by atoms with van der Waals surface area (Å²) in [6.45, 7) is 5.56. The summed E-state index contributed by atoms with van der Waals surface area (Å²) in [5.41, 5.74) is 1.20. The molecule has 0 aliphatic carbocycles. The minimum atomic E-state index is -0.418. The Balaban J connectivity index is 2.62. The highest BCUT2D eigenvalue weighted by molar-refractivity contribution is 5.96. The first-order valence-electron chi connectivity index (χ1n) is 8.27. The lowest BCUT2D eigenvalue weighted by atomic mass is 10.1.